The van der Waals surface area contributed by atoms with Gasteiger partial charge in [0.15, 0.2) is 12.2 Å². The van der Waals surface area contributed by atoms with Gasteiger partial charge in [-0.15, -0.1) is 0 Å². The van der Waals surface area contributed by atoms with Gasteiger partial charge in [-0.2, -0.15) is 0 Å². The molecule has 3 N–H and O–H groups in total. The van der Waals surface area contributed by atoms with Crippen molar-refractivity contribution in [2.24, 2.45) is 17.8 Å². The first-order valence-corrected chi connectivity index (χ1v) is 48.9. The predicted octanol–water partition coefficient (Wildman–Crippen LogP) is 27.3. The minimum Gasteiger partial charge on any atom is -0.462 e. The SMILES string of the molecule is CCCCCCCCCCCCCCCCCCCCCCCCC(=O)O[C@H](COC(=O)CCCCCCCCCCCCCCCCCCC(C)C)COP(=O)(O)OC[C@@H](O)COP(=O)(O)OC[C@@H](COC(=O)CCCCCCCCCCC(C)CC)OC(=O)CCCCCCCCCCCCCCC(C)C. The molecule has 0 aromatic heterocycles. The van der Waals surface area contributed by atoms with Crippen molar-refractivity contribution in [3.8, 4) is 0 Å². The van der Waals surface area contributed by atoms with Crippen molar-refractivity contribution in [2.75, 3.05) is 39.6 Å². The first-order valence-electron chi connectivity index (χ1n) is 45.9. The second-order valence-electron chi connectivity index (χ2n) is 33.2. The molecule has 0 fully saturated rings. The summed E-state index contributed by atoms with van der Waals surface area (Å²) in [5.74, 6) is 0.265. The number of hydrogen-bond donors (Lipinski definition) is 3. The molecule has 0 bridgehead atoms. The molecule has 0 spiro atoms. The number of aliphatic hydroxyl groups excluding tert-OH is 1. The van der Waals surface area contributed by atoms with Gasteiger partial charge in [-0.1, -0.05) is 421 Å². The fourth-order valence-corrected chi connectivity index (χ4v) is 15.4. The van der Waals surface area contributed by atoms with Crippen LogP contribution < -0.4 is 0 Å². The Kier molecular flexibility index (Phi) is 77.5. The molecule has 3 unspecified atom stereocenters. The normalized spacial score (nSPS) is 14.1. The van der Waals surface area contributed by atoms with Crippen LogP contribution in [-0.2, 0) is 65.4 Å². The minimum atomic E-state index is -4.97. The van der Waals surface area contributed by atoms with Crippen LogP contribution in [0.25, 0.3) is 0 Å². The third-order valence-corrected chi connectivity index (χ3v) is 23.1. The number of carbonyl (C=O) groups is 4. The number of esters is 4. The maximum Gasteiger partial charge on any atom is 0.472 e. The molecule has 0 aromatic rings. The minimum absolute atomic E-state index is 0.107. The topological polar surface area (TPSA) is 237 Å². The molecular weight excluding hydrogens is 1400 g/mol. The Morgan fingerprint density at radius 1 is 0.269 bits per heavy atom. The van der Waals surface area contributed by atoms with Crippen LogP contribution in [0.15, 0.2) is 0 Å². The number of carbonyl (C=O) groups excluding carboxylic acids is 4. The average Bonchev–Trinajstić information content (AvgIpc) is 0.901. The summed E-state index contributed by atoms with van der Waals surface area (Å²) < 4.78 is 69.0. The number of ether oxygens (including phenoxy) is 4. The summed E-state index contributed by atoms with van der Waals surface area (Å²) in [7, 11) is -9.93. The standard InChI is InChI=1S/C89H174O17P2/c1-8-10-11-12-13-14-15-16-17-18-19-20-21-22-23-28-31-37-42-51-58-65-72-88(93)105-84(76-99-86(91)70-63-56-49-41-36-30-27-25-24-26-29-34-39-46-53-60-67-80(3)4)78-103-107(95,96)101-74-83(90)75-102-108(97,98)104-79-85(77-100-87(92)71-64-57-50-45-44-48-55-62-69-82(7)9-2)106-89(94)73-66-59-52-43-38-33-32-35-40-47-54-61-68-81(5)6/h80-85,90H,8-79H2,1-7H3,(H,95,96)(H,97,98)/t82?,83-,84-,85-/m1/s1. The third kappa shape index (κ3) is 80.7. The molecule has 17 nitrogen and oxygen atoms in total. The quantitative estimate of drug-likeness (QED) is 0.0222. The molecule has 6 atom stereocenters. The second-order valence-corrected chi connectivity index (χ2v) is 36.1. The lowest BCUT2D eigenvalue weighted by molar-refractivity contribution is -0.161. The van der Waals surface area contributed by atoms with Gasteiger partial charge in [-0.3, -0.25) is 37.3 Å². The van der Waals surface area contributed by atoms with Crippen molar-refractivity contribution in [2.45, 2.75) is 491 Å². The lowest BCUT2D eigenvalue weighted by atomic mass is 9.99. The Hall–Kier alpha value is -1.94. The van der Waals surface area contributed by atoms with E-state index < -0.39 is 97.5 Å². The van der Waals surface area contributed by atoms with Gasteiger partial charge in [0.05, 0.1) is 26.4 Å². The van der Waals surface area contributed by atoms with Gasteiger partial charge in [0.2, 0.25) is 0 Å². The van der Waals surface area contributed by atoms with Crippen molar-refractivity contribution >= 4 is 39.5 Å². The number of rotatable bonds is 87. The lowest BCUT2D eigenvalue weighted by Gasteiger charge is -2.21. The van der Waals surface area contributed by atoms with E-state index in [2.05, 4.69) is 48.5 Å². The van der Waals surface area contributed by atoms with Gasteiger partial charge < -0.3 is 33.8 Å². The van der Waals surface area contributed by atoms with E-state index in [1.807, 2.05) is 0 Å². The number of phosphoric acid groups is 2. The van der Waals surface area contributed by atoms with Crippen molar-refractivity contribution in [3.05, 3.63) is 0 Å². The van der Waals surface area contributed by atoms with E-state index in [0.29, 0.717) is 25.7 Å². The summed E-state index contributed by atoms with van der Waals surface area (Å²) in [5.41, 5.74) is 0. The molecule has 0 heterocycles. The van der Waals surface area contributed by atoms with Crippen LogP contribution in [0.3, 0.4) is 0 Å². The Balaban J connectivity index is 5.25. The molecule has 642 valence electrons. The molecule has 0 amide bonds. The summed E-state index contributed by atoms with van der Waals surface area (Å²) in [4.78, 5) is 73.3. The van der Waals surface area contributed by atoms with Gasteiger partial charge in [-0.05, 0) is 43.4 Å². The molecule has 0 rings (SSSR count). The van der Waals surface area contributed by atoms with Crippen molar-refractivity contribution in [1.82, 2.24) is 0 Å². The smallest absolute Gasteiger partial charge is 0.462 e. The fraction of sp³-hybridized carbons (Fsp3) is 0.955. The first-order chi connectivity index (χ1) is 52.3. The van der Waals surface area contributed by atoms with Crippen molar-refractivity contribution in [3.63, 3.8) is 0 Å². The summed E-state index contributed by atoms with van der Waals surface area (Å²) in [6.07, 6.45) is 70.9. The highest BCUT2D eigenvalue weighted by Crippen LogP contribution is 2.45. The van der Waals surface area contributed by atoms with E-state index >= 15 is 0 Å². The van der Waals surface area contributed by atoms with E-state index in [9.17, 15) is 43.2 Å². The maximum atomic E-state index is 13.2. The van der Waals surface area contributed by atoms with E-state index in [4.69, 9.17) is 37.0 Å². The van der Waals surface area contributed by atoms with Gasteiger partial charge in [0.25, 0.3) is 0 Å². The molecule has 0 aliphatic carbocycles. The van der Waals surface area contributed by atoms with E-state index in [-0.39, 0.29) is 25.7 Å². The number of aliphatic hydroxyl groups is 1. The van der Waals surface area contributed by atoms with Crippen LogP contribution in [0.4, 0.5) is 0 Å². The molecule has 0 aromatic carbocycles. The highest BCUT2D eigenvalue weighted by atomic mass is 31.2. The lowest BCUT2D eigenvalue weighted by Crippen LogP contribution is -2.30. The van der Waals surface area contributed by atoms with E-state index in [0.717, 1.165) is 108 Å². The molecule has 108 heavy (non-hydrogen) atoms. The summed E-state index contributed by atoms with van der Waals surface area (Å²) >= 11 is 0. The average molecular weight is 1580 g/mol. The van der Waals surface area contributed by atoms with Crippen molar-refractivity contribution < 1.29 is 80.2 Å². The Morgan fingerprint density at radius 3 is 0.704 bits per heavy atom. The van der Waals surface area contributed by atoms with Gasteiger partial charge in [0.1, 0.15) is 19.3 Å². The third-order valence-electron chi connectivity index (χ3n) is 21.2. The molecule has 0 radical (unpaired) electrons. The zero-order valence-electron chi connectivity index (χ0n) is 71.3. The highest BCUT2D eigenvalue weighted by molar-refractivity contribution is 7.47. The molecule has 0 saturated carbocycles. The maximum absolute atomic E-state index is 13.2. The Morgan fingerprint density at radius 2 is 0.472 bits per heavy atom. The van der Waals surface area contributed by atoms with Crippen LogP contribution in [0, 0.1) is 17.8 Å². The van der Waals surface area contributed by atoms with Crippen molar-refractivity contribution in [1.29, 1.82) is 0 Å². The summed E-state index contributed by atoms with van der Waals surface area (Å²) in [6.45, 7) is 12.0. The first kappa shape index (κ1) is 106. The summed E-state index contributed by atoms with van der Waals surface area (Å²) in [5, 5.41) is 10.7. The monoisotopic (exact) mass is 1580 g/mol. The van der Waals surface area contributed by atoms with Gasteiger partial charge in [-0.25, -0.2) is 9.13 Å². The van der Waals surface area contributed by atoms with Gasteiger partial charge >= 0.3 is 39.5 Å². The predicted molar refractivity (Wildman–Crippen MR) is 446 cm³/mol. The zero-order valence-corrected chi connectivity index (χ0v) is 73.1. The highest BCUT2D eigenvalue weighted by Gasteiger charge is 2.31. The van der Waals surface area contributed by atoms with Crippen LogP contribution in [-0.4, -0.2) is 96.7 Å². The fourth-order valence-electron chi connectivity index (χ4n) is 13.9. The number of unbranched alkanes of at least 4 members (excludes halogenated alkanes) is 54. The second kappa shape index (κ2) is 78.9. The van der Waals surface area contributed by atoms with Crippen LogP contribution in [0.1, 0.15) is 472 Å². The number of phosphoric ester groups is 2. The largest absolute Gasteiger partial charge is 0.472 e. The van der Waals surface area contributed by atoms with Crippen LogP contribution in [0.5, 0.6) is 0 Å². The van der Waals surface area contributed by atoms with E-state index in [1.165, 1.54) is 283 Å². The number of hydrogen-bond acceptors (Lipinski definition) is 15. The van der Waals surface area contributed by atoms with Gasteiger partial charge in [0, 0.05) is 25.7 Å². The molecular formula is C89H174O17P2. The Bertz CT molecular complexity index is 2080. The molecule has 0 saturated heterocycles. The molecule has 19 heteroatoms. The van der Waals surface area contributed by atoms with E-state index in [1.54, 1.807) is 0 Å². The molecule has 0 aliphatic rings. The zero-order chi connectivity index (χ0) is 79.3. The summed E-state index contributed by atoms with van der Waals surface area (Å²) in [6, 6.07) is 0. The van der Waals surface area contributed by atoms with Crippen LogP contribution in [0.2, 0.25) is 0 Å². The Labute approximate surface area is 664 Å². The molecule has 0 aliphatic heterocycles. The van der Waals surface area contributed by atoms with Crippen LogP contribution >= 0.6 is 15.6 Å².